The molecule has 1 saturated heterocycles. The number of rotatable bonds is 4. The van der Waals surface area contributed by atoms with Crippen molar-refractivity contribution in [3.63, 3.8) is 0 Å². The van der Waals surface area contributed by atoms with Crippen LogP contribution in [0.3, 0.4) is 0 Å². The Morgan fingerprint density at radius 1 is 1.18 bits per heavy atom. The van der Waals surface area contributed by atoms with Crippen LogP contribution in [0.25, 0.3) is 0 Å². The van der Waals surface area contributed by atoms with Gasteiger partial charge in [-0.3, -0.25) is 9.58 Å². The Morgan fingerprint density at radius 2 is 1.93 bits per heavy atom. The number of urea groups is 1. The van der Waals surface area contributed by atoms with E-state index < -0.39 is 6.43 Å². The number of aryl methyl sites for hydroxylation is 1. The lowest BCUT2D eigenvalue weighted by atomic mass is 10.1. The van der Waals surface area contributed by atoms with Crippen LogP contribution < -0.4 is 10.2 Å². The lowest BCUT2D eigenvalue weighted by Gasteiger charge is -2.35. The summed E-state index contributed by atoms with van der Waals surface area (Å²) in [5, 5.41) is 7.13. The summed E-state index contributed by atoms with van der Waals surface area (Å²) in [6.45, 7) is 3.58. The van der Waals surface area contributed by atoms with Crippen LogP contribution in [0.2, 0.25) is 0 Å². The van der Waals surface area contributed by atoms with E-state index in [0.29, 0.717) is 31.9 Å². The van der Waals surface area contributed by atoms with Gasteiger partial charge in [-0.2, -0.15) is 5.10 Å². The quantitative estimate of drug-likeness (QED) is 0.871. The van der Waals surface area contributed by atoms with E-state index in [2.05, 4.69) is 15.3 Å². The number of nitrogens with one attached hydrogen (secondary N) is 1. The standard InChI is InChI=1S/C19H24F2N6O/c1-24-12-17(9-22-24)26-4-6-27(7-5-26)19(28)23-16-3-2-14-10-25(13-18(20)21)11-15(14)8-16/h2-3,8-9,12,18H,4-7,10-11,13H2,1H3,(H,23,28). The highest BCUT2D eigenvalue weighted by atomic mass is 19.3. The van der Waals surface area contributed by atoms with Gasteiger partial charge in [0.15, 0.2) is 0 Å². The molecule has 1 aromatic heterocycles. The highest BCUT2D eigenvalue weighted by Crippen LogP contribution is 2.26. The number of hydrogen-bond acceptors (Lipinski definition) is 4. The number of amides is 2. The average molecular weight is 390 g/mol. The van der Waals surface area contributed by atoms with Crippen LogP contribution in [-0.4, -0.2) is 64.8 Å². The van der Waals surface area contributed by atoms with Crippen LogP contribution >= 0.6 is 0 Å². The molecule has 9 heteroatoms. The third-order valence-corrected chi connectivity index (χ3v) is 5.26. The molecule has 28 heavy (non-hydrogen) atoms. The Labute approximate surface area is 162 Å². The molecule has 150 valence electrons. The zero-order valence-electron chi connectivity index (χ0n) is 15.8. The second kappa shape index (κ2) is 7.75. The monoisotopic (exact) mass is 390 g/mol. The predicted molar refractivity (Wildman–Crippen MR) is 103 cm³/mol. The lowest BCUT2D eigenvalue weighted by Crippen LogP contribution is -2.50. The first-order valence-electron chi connectivity index (χ1n) is 9.40. The molecule has 0 saturated carbocycles. The van der Waals surface area contributed by atoms with Gasteiger partial charge in [-0.25, -0.2) is 13.6 Å². The fourth-order valence-corrected chi connectivity index (χ4v) is 3.81. The van der Waals surface area contributed by atoms with Gasteiger partial charge in [0.25, 0.3) is 6.43 Å². The smallest absolute Gasteiger partial charge is 0.321 e. The van der Waals surface area contributed by atoms with Gasteiger partial charge >= 0.3 is 6.03 Å². The fourth-order valence-electron chi connectivity index (χ4n) is 3.81. The summed E-state index contributed by atoms with van der Waals surface area (Å²) in [7, 11) is 1.89. The number of nitrogens with zero attached hydrogens (tertiary/aromatic N) is 5. The number of aromatic nitrogens is 2. The minimum absolute atomic E-state index is 0.131. The van der Waals surface area contributed by atoms with E-state index in [-0.39, 0.29) is 12.6 Å². The first kappa shape index (κ1) is 18.7. The summed E-state index contributed by atoms with van der Waals surface area (Å²) in [5.74, 6) is 0. The maximum Gasteiger partial charge on any atom is 0.321 e. The van der Waals surface area contributed by atoms with Gasteiger partial charge in [0.05, 0.1) is 18.4 Å². The van der Waals surface area contributed by atoms with E-state index in [0.717, 1.165) is 29.9 Å². The van der Waals surface area contributed by atoms with Gasteiger partial charge in [-0.15, -0.1) is 0 Å². The summed E-state index contributed by atoms with van der Waals surface area (Å²) in [6, 6.07) is 5.52. The molecular formula is C19H24F2N6O. The molecule has 0 unspecified atom stereocenters. The van der Waals surface area contributed by atoms with Gasteiger partial charge in [0.1, 0.15) is 0 Å². The lowest BCUT2D eigenvalue weighted by molar-refractivity contribution is 0.0873. The van der Waals surface area contributed by atoms with Crippen molar-refractivity contribution < 1.29 is 13.6 Å². The molecule has 2 aromatic rings. The number of benzene rings is 1. The number of fused-ring (bicyclic) bond motifs is 1. The van der Waals surface area contributed by atoms with E-state index in [1.807, 2.05) is 37.6 Å². The number of alkyl halides is 2. The van der Waals surface area contributed by atoms with E-state index in [1.165, 1.54) is 0 Å². The molecule has 2 aliphatic rings. The van der Waals surface area contributed by atoms with Crippen molar-refractivity contribution in [2.24, 2.45) is 7.05 Å². The Morgan fingerprint density at radius 3 is 2.61 bits per heavy atom. The van der Waals surface area contributed by atoms with Gasteiger partial charge in [-0.1, -0.05) is 6.07 Å². The van der Waals surface area contributed by atoms with Gasteiger partial charge in [0.2, 0.25) is 0 Å². The van der Waals surface area contributed by atoms with Crippen molar-refractivity contribution in [2.45, 2.75) is 19.5 Å². The molecule has 1 N–H and O–H groups in total. The number of carbonyl (C=O) groups excluding carboxylic acids is 1. The molecule has 1 fully saturated rings. The molecule has 0 atom stereocenters. The normalized spacial score (nSPS) is 17.3. The third-order valence-electron chi connectivity index (χ3n) is 5.26. The predicted octanol–water partition coefficient (Wildman–Crippen LogP) is 2.35. The number of carbonyl (C=O) groups is 1. The van der Waals surface area contributed by atoms with Crippen molar-refractivity contribution in [1.82, 2.24) is 19.6 Å². The van der Waals surface area contributed by atoms with Crippen molar-refractivity contribution in [3.8, 4) is 0 Å². The van der Waals surface area contributed by atoms with Crippen LogP contribution in [-0.2, 0) is 20.1 Å². The van der Waals surface area contributed by atoms with E-state index in [1.54, 1.807) is 14.5 Å². The second-order valence-electron chi connectivity index (χ2n) is 7.32. The molecule has 3 heterocycles. The number of halogens is 2. The second-order valence-corrected chi connectivity index (χ2v) is 7.32. The number of anilines is 2. The zero-order chi connectivity index (χ0) is 19.7. The topological polar surface area (TPSA) is 56.6 Å². The summed E-state index contributed by atoms with van der Waals surface area (Å²) < 4.78 is 27.0. The van der Waals surface area contributed by atoms with E-state index in [9.17, 15) is 13.6 Å². The van der Waals surface area contributed by atoms with Crippen molar-refractivity contribution in [3.05, 3.63) is 41.7 Å². The molecule has 0 aliphatic carbocycles. The minimum Gasteiger partial charge on any atom is -0.365 e. The van der Waals surface area contributed by atoms with Crippen LogP contribution in [0, 0.1) is 0 Å². The average Bonchev–Trinajstić information content (AvgIpc) is 3.26. The largest absolute Gasteiger partial charge is 0.365 e. The van der Waals surface area contributed by atoms with Crippen molar-refractivity contribution in [1.29, 1.82) is 0 Å². The Balaban J connectivity index is 1.31. The number of hydrogen-bond donors (Lipinski definition) is 1. The van der Waals surface area contributed by atoms with Crippen molar-refractivity contribution >= 4 is 17.4 Å². The van der Waals surface area contributed by atoms with Crippen LogP contribution in [0.4, 0.5) is 25.0 Å². The zero-order valence-corrected chi connectivity index (χ0v) is 15.8. The third kappa shape index (κ3) is 4.09. The van der Waals surface area contributed by atoms with Gasteiger partial charge in [0, 0.05) is 58.2 Å². The summed E-state index contributed by atoms with van der Waals surface area (Å²) >= 11 is 0. The first-order valence-corrected chi connectivity index (χ1v) is 9.40. The van der Waals surface area contributed by atoms with Crippen LogP contribution in [0.1, 0.15) is 11.1 Å². The molecular weight excluding hydrogens is 366 g/mol. The maximum atomic E-state index is 12.6. The van der Waals surface area contributed by atoms with E-state index >= 15 is 0 Å². The molecule has 2 aliphatic heterocycles. The molecule has 4 rings (SSSR count). The molecule has 2 amide bonds. The van der Waals surface area contributed by atoms with Crippen molar-refractivity contribution in [2.75, 3.05) is 42.9 Å². The molecule has 7 nitrogen and oxygen atoms in total. The molecule has 0 radical (unpaired) electrons. The van der Waals surface area contributed by atoms with Gasteiger partial charge < -0.3 is 15.1 Å². The maximum absolute atomic E-state index is 12.6. The van der Waals surface area contributed by atoms with E-state index in [4.69, 9.17) is 0 Å². The van der Waals surface area contributed by atoms with Crippen LogP contribution in [0.15, 0.2) is 30.6 Å². The Hall–Kier alpha value is -2.68. The summed E-state index contributed by atoms with van der Waals surface area (Å²) in [5.41, 5.74) is 3.82. The summed E-state index contributed by atoms with van der Waals surface area (Å²) in [6.07, 6.45) is 1.47. The SMILES string of the molecule is Cn1cc(N2CCN(C(=O)Nc3ccc4c(c3)CN(CC(F)F)C4)CC2)cn1. The molecule has 0 bridgehead atoms. The van der Waals surface area contributed by atoms with Gasteiger partial charge in [-0.05, 0) is 23.3 Å². The molecule has 0 spiro atoms. The first-order chi connectivity index (χ1) is 13.5. The molecule has 1 aromatic carbocycles. The Kier molecular flexibility index (Phi) is 5.17. The highest BCUT2D eigenvalue weighted by Gasteiger charge is 2.24. The van der Waals surface area contributed by atoms with Crippen LogP contribution in [0.5, 0.6) is 0 Å². The fraction of sp³-hybridized carbons (Fsp3) is 0.474. The highest BCUT2D eigenvalue weighted by molar-refractivity contribution is 5.89. The Bertz CT molecular complexity index is 847. The summed E-state index contributed by atoms with van der Waals surface area (Å²) in [4.78, 5) is 18.3. The minimum atomic E-state index is -2.33. The number of piperazine rings is 1.